The van der Waals surface area contributed by atoms with E-state index in [2.05, 4.69) is 10.2 Å². The van der Waals surface area contributed by atoms with E-state index in [0.717, 1.165) is 16.9 Å². The molecule has 3 aromatic rings. The molecule has 0 aliphatic carbocycles. The molecular weight excluding hydrogens is 439 g/mol. The van der Waals surface area contributed by atoms with Crippen LogP contribution in [0.3, 0.4) is 0 Å². The number of thioether (sulfide) groups is 1. The van der Waals surface area contributed by atoms with E-state index in [4.69, 9.17) is 9.47 Å². The minimum Gasteiger partial charge on any atom is -0.490 e. The molecule has 2 heterocycles. The molecule has 3 aromatic carbocycles. The van der Waals surface area contributed by atoms with Crippen LogP contribution in [0.4, 0.5) is 15.8 Å². The molecule has 5 rings (SSSR count). The SMILES string of the molecule is CSc1ccc(CNC(=O)c2ccc3c(c2)OCCN3c2ccc(C3(F)COC3)cc2)cc1. The number of nitrogens with zero attached hydrogens (tertiary/aromatic N) is 1. The van der Waals surface area contributed by atoms with Crippen LogP contribution in [0, 0.1) is 0 Å². The zero-order valence-corrected chi connectivity index (χ0v) is 19.2. The van der Waals surface area contributed by atoms with Crippen molar-refractivity contribution >= 4 is 29.0 Å². The molecule has 0 saturated carbocycles. The summed E-state index contributed by atoms with van der Waals surface area (Å²) in [4.78, 5) is 16.0. The van der Waals surface area contributed by atoms with Crippen LogP contribution in [0.1, 0.15) is 21.5 Å². The monoisotopic (exact) mass is 464 g/mol. The predicted molar refractivity (Wildman–Crippen MR) is 128 cm³/mol. The Morgan fingerprint density at radius 1 is 1.09 bits per heavy atom. The molecule has 1 fully saturated rings. The van der Waals surface area contributed by atoms with Crippen LogP contribution in [0.15, 0.2) is 71.6 Å². The van der Waals surface area contributed by atoms with Crippen molar-refractivity contribution in [2.45, 2.75) is 17.1 Å². The summed E-state index contributed by atoms with van der Waals surface area (Å²) in [6, 6.07) is 21.1. The number of hydrogen-bond acceptors (Lipinski definition) is 5. The molecule has 170 valence electrons. The number of nitrogens with one attached hydrogen (secondary N) is 1. The van der Waals surface area contributed by atoms with Gasteiger partial charge in [-0.25, -0.2) is 4.39 Å². The average molecular weight is 465 g/mol. The summed E-state index contributed by atoms with van der Waals surface area (Å²) >= 11 is 1.69. The smallest absolute Gasteiger partial charge is 0.251 e. The van der Waals surface area contributed by atoms with E-state index in [0.29, 0.717) is 36.6 Å². The van der Waals surface area contributed by atoms with Crippen LogP contribution in [0.5, 0.6) is 5.75 Å². The molecule has 1 saturated heterocycles. The minimum absolute atomic E-state index is 0.112. The van der Waals surface area contributed by atoms with E-state index in [9.17, 15) is 9.18 Å². The molecule has 0 spiro atoms. The highest BCUT2D eigenvalue weighted by molar-refractivity contribution is 7.98. The van der Waals surface area contributed by atoms with Crippen molar-refractivity contribution in [2.75, 3.05) is 37.5 Å². The summed E-state index contributed by atoms with van der Waals surface area (Å²) in [7, 11) is 0. The maximum absolute atomic E-state index is 14.6. The number of benzene rings is 3. The Bertz CT molecular complexity index is 1150. The highest BCUT2D eigenvalue weighted by Crippen LogP contribution is 2.39. The van der Waals surface area contributed by atoms with Crippen LogP contribution in [-0.4, -0.2) is 38.5 Å². The Balaban J connectivity index is 1.29. The number of rotatable bonds is 6. The Morgan fingerprint density at radius 2 is 1.85 bits per heavy atom. The lowest BCUT2D eigenvalue weighted by Gasteiger charge is -2.35. The third kappa shape index (κ3) is 4.43. The molecule has 1 amide bonds. The first kappa shape index (κ1) is 21.8. The van der Waals surface area contributed by atoms with Crippen molar-refractivity contribution in [3.8, 4) is 5.75 Å². The number of halogens is 1. The summed E-state index contributed by atoms with van der Waals surface area (Å²) in [5.41, 5.74) is 2.71. The van der Waals surface area contributed by atoms with Gasteiger partial charge in [-0.3, -0.25) is 4.79 Å². The van der Waals surface area contributed by atoms with Crippen molar-refractivity contribution in [2.24, 2.45) is 0 Å². The van der Waals surface area contributed by atoms with Gasteiger partial charge in [-0.2, -0.15) is 0 Å². The molecule has 0 radical (unpaired) electrons. The second-order valence-corrected chi connectivity index (χ2v) is 9.10. The lowest BCUT2D eigenvalue weighted by Crippen LogP contribution is -2.42. The number of carbonyl (C=O) groups is 1. The molecule has 7 heteroatoms. The molecule has 0 aromatic heterocycles. The predicted octanol–water partition coefficient (Wildman–Crippen LogP) is 5.06. The first-order valence-corrected chi connectivity index (χ1v) is 12.1. The highest BCUT2D eigenvalue weighted by Gasteiger charge is 2.40. The minimum atomic E-state index is -1.37. The molecule has 0 bridgehead atoms. The Hall–Kier alpha value is -3.03. The van der Waals surface area contributed by atoms with Gasteiger partial charge in [0.1, 0.15) is 12.4 Å². The number of fused-ring (bicyclic) bond motifs is 1. The van der Waals surface area contributed by atoms with Crippen molar-refractivity contribution in [1.82, 2.24) is 5.32 Å². The molecule has 33 heavy (non-hydrogen) atoms. The van der Waals surface area contributed by atoms with Crippen LogP contribution in [-0.2, 0) is 17.0 Å². The molecule has 0 atom stereocenters. The number of hydrogen-bond donors (Lipinski definition) is 1. The number of ether oxygens (including phenoxy) is 2. The van der Waals surface area contributed by atoms with Gasteiger partial charge >= 0.3 is 0 Å². The van der Waals surface area contributed by atoms with Gasteiger partial charge in [-0.05, 0) is 59.8 Å². The second kappa shape index (κ2) is 9.08. The fourth-order valence-electron chi connectivity index (χ4n) is 4.05. The largest absolute Gasteiger partial charge is 0.490 e. The van der Waals surface area contributed by atoms with Gasteiger partial charge in [-0.15, -0.1) is 11.8 Å². The number of carbonyl (C=O) groups excluding carboxylic acids is 1. The first-order chi connectivity index (χ1) is 16.1. The van der Waals surface area contributed by atoms with Gasteiger partial charge in [0.05, 0.1) is 25.4 Å². The number of anilines is 2. The molecule has 2 aliphatic rings. The van der Waals surface area contributed by atoms with Gasteiger partial charge in [0.2, 0.25) is 0 Å². The standard InChI is InChI=1S/C26H25FN2O3S/c1-33-22-9-2-18(3-10-22)15-28-25(30)19-4-11-23-24(14-19)32-13-12-29(23)21-7-5-20(6-8-21)26(27)16-31-17-26/h2-11,14H,12-13,15-17H2,1H3,(H,28,30). The summed E-state index contributed by atoms with van der Waals surface area (Å²) in [5, 5.41) is 2.97. The van der Waals surface area contributed by atoms with Crippen LogP contribution in [0.2, 0.25) is 0 Å². The highest BCUT2D eigenvalue weighted by atomic mass is 32.2. The molecule has 5 nitrogen and oxygen atoms in total. The van der Waals surface area contributed by atoms with Crippen LogP contribution < -0.4 is 15.0 Å². The number of amides is 1. The van der Waals surface area contributed by atoms with Gasteiger partial charge < -0.3 is 19.7 Å². The normalized spacial score (nSPS) is 16.4. The van der Waals surface area contributed by atoms with Gasteiger partial charge in [-0.1, -0.05) is 24.3 Å². The average Bonchev–Trinajstić information content (AvgIpc) is 2.85. The molecule has 0 unspecified atom stereocenters. The van der Waals surface area contributed by atoms with E-state index >= 15 is 0 Å². The third-order valence-electron chi connectivity index (χ3n) is 6.06. The Labute approximate surface area is 196 Å². The van der Waals surface area contributed by atoms with Gasteiger partial charge in [0.15, 0.2) is 5.67 Å². The van der Waals surface area contributed by atoms with Crippen molar-refractivity contribution in [1.29, 1.82) is 0 Å². The molecule has 2 aliphatic heterocycles. The lowest BCUT2D eigenvalue weighted by atomic mass is 9.94. The quantitative estimate of drug-likeness (QED) is 0.517. The Morgan fingerprint density at radius 3 is 2.52 bits per heavy atom. The zero-order chi connectivity index (χ0) is 22.8. The maximum Gasteiger partial charge on any atom is 0.251 e. The van der Waals surface area contributed by atoms with E-state index in [1.807, 2.05) is 66.9 Å². The first-order valence-electron chi connectivity index (χ1n) is 10.9. The topological polar surface area (TPSA) is 50.8 Å². The van der Waals surface area contributed by atoms with E-state index in [-0.39, 0.29) is 19.1 Å². The molecule has 1 N–H and O–H groups in total. The van der Waals surface area contributed by atoms with Crippen molar-refractivity contribution < 1.29 is 18.7 Å². The maximum atomic E-state index is 14.6. The van der Waals surface area contributed by atoms with E-state index in [1.165, 1.54) is 4.90 Å². The van der Waals surface area contributed by atoms with Crippen LogP contribution in [0.25, 0.3) is 0 Å². The van der Waals surface area contributed by atoms with Gasteiger partial charge in [0.25, 0.3) is 5.91 Å². The summed E-state index contributed by atoms with van der Waals surface area (Å²) in [5.74, 6) is 0.518. The van der Waals surface area contributed by atoms with Crippen molar-refractivity contribution in [3.63, 3.8) is 0 Å². The third-order valence-corrected chi connectivity index (χ3v) is 6.80. The van der Waals surface area contributed by atoms with E-state index in [1.54, 1.807) is 17.8 Å². The summed E-state index contributed by atoms with van der Waals surface area (Å²) < 4.78 is 25.5. The van der Waals surface area contributed by atoms with Crippen LogP contribution >= 0.6 is 11.8 Å². The summed E-state index contributed by atoms with van der Waals surface area (Å²) in [6.45, 7) is 1.86. The lowest BCUT2D eigenvalue weighted by molar-refractivity contribution is -0.135. The second-order valence-electron chi connectivity index (χ2n) is 8.22. The molecular formula is C26H25FN2O3S. The van der Waals surface area contributed by atoms with Gasteiger partial charge in [0, 0.05) is 22.7 Å². The fraction of sp³-hybridized carbons (Fsp3) is 0.269. The van der Waals surface area contributed by atoms with Crippen molar-refractivity contribution in [3.05, 3.63) is 83.4 Å². The summed E-state index contributed by atoms with van der Waals surface area (Å²) in [6.07, 6.45) is 2.04. The fourth-order valence-corrected chi connectivity index (χ4v) is 4.45. The van der Waals surface area contributed by atoms with E-state index < -0.39 is 5.67 Å². The Kier molecular flexibility index (Phi) is 6.00. The zero-order valence-electron chi connectivity index (χ0n) is 18.3. The number of alkyl halides is 1.